The monoisotopic (exact) mass is 503 g/mol. The fourth-order valence-electron chi connectivity index (χ4n) is 3.57. The first-order valence-corrected chi connectivity index (χ1v) is 12.5. The summed E-state index contributed by atoms with van der Waals surface area (Å²) in [4.78, 5) is 23.7. The lowest BCUT2D eigenvalue weighted by Gasteiger charge is -2.20. The molecule has 1 unspecified atom stereocenters. The Morgan fingerprint density at radius 2 is 1.78 bits per heavy atom. The maximum atomic E-state index is 9.55. The van der Waals surface area contributed by atoms with E-state index < -0.39 is 11.9 Å². The van der Waals surface area contributed by atoms with Crippen molar-refractivity contribution in [3.63, 3.8) is 0 Å². The van der Waals surface area contributed by atoms with Gasteiger partial charge in [0.2, 0.25) is 0 Å². The van der Waals surface area contributed by atoms with Gasteiger partial charge in [-0.3, -0.25) is 4.98 Å². The number of nitrogens with zero attached hydrogens (tertiary/aromatic N) is 1. The summed E-state index contributed by atoms with van der Waals surface area (Å²) in [5.74, 6) is -0.973. The SMILES string of the molecule is CCCCCCCCOc1c(OC)cc(NC(C)CCCN)c2ncccc12.O=C(O)C=CC(=O)O. The van der Waals surface area contributed by atoms with Crippen molar-refractivity contribution in [2.75, 3.05) is 25.6 Å². The molecule has 2 aromatic rings. The molecule has 0 spiro atoms. The molecule has 5 N–H and O–H groups in total. The number of methoxy groups -OCH3 is 1. The van der Waals surface area contributed by atoms with Gasteiger partial charge in [-0.25, -0.2) is 9.59 Å². The molecular formula is C27H41N3O6. The van der Waals surface area contributed by atoms with E-state index in [9.17, 15) is 9.59 Å². The van der Waals surface area contributed by atoms with E-state index >= 15 is 0 Å². The predicted octanol–water partition coefficient (Wildman–Crippen LogP) is 5.23. The molecule has 9 heteroatoms. The van der Waals surface area contributed by atoms with Crippen molar-refractivity contribution in [2.45, 2.75) is 71.3 Å². The summed E-state index contributed by atoms with van der Waals surface area (Å²) in [5, 5.41) is 20.2. The van der Waals surface area contributed by atoms with Crippen LogP contribution in [-0.2, 0) is 9.59 Å². The van der Waals surface area contributed by atoms with Crippen LogP contribution in [0.4, 0.5) is 5.69 Å². The number of ether oxygens (including phenoxy) is 2. The van der Waals surface area contributed by atoms with Gasteiger partial charge >= 0.3 is 11.9 Å². The van der Waals surface area contributed by atoms with Gasteiger partial charge in [-0.05, 0) is 44.9 Å². The van der Waals surface area contributed by atoms with E-state index in [1.54, 1.807) is 7.11 Å². The molecule has 0 aliphatic carbocycles. The van der Waals surface area contributed by atoms with Crippen LogP contribution in [0.25, 0.3) is 10.9 Å². The van der Waals surface area contributed by atoms with E-state index in [0.717, 1.165) is 47.4 Å². The van der Waals surface area contributed by atoms with E-state index in [4.69, 9.17) is 25.4 Å². The third-order valence-electron chi connectivity index (χ3n) is 5.38. The van der Waals surface area contributed by atoms with Gasteiger partial charge in [-0.1, -0.05) is 39.0 Å². The number of aliphatic carboxylic acids is 2. The highest BCUT2D eigenvalue weighted by atomic mass is 16.5. The highest BCUT2D eigenvalue weighted by Gasteiger charge is 2.16. The smallest absolute Gasteiger partial charge is 0.328 e. The van der Waals surface area contributed by atoms with Crippen LogP contribution in [0.1, 0.15) is 65.2 Å². The topological polar surface area (TPSA) is 144 Å². The first-order valence-electron chi connectivity index (χ1n) is 12.5. The molecule has 2 rings (SSSR count). The molecule has 0 radical (unpaired) electrons. The number of nitrogens with two attached hydrogens (primary N) is 1. The minimum atomic E-state index is -1.26. The molecule has 9 nitrogen and oxygen atoms in total. The lowest BCUT2D eigenvalue weighted by atomic mass is 10.1. The number of benzene rings is 1. The third kappa shape index (κ3) is 11.9. The second-order valence-corrected chi connectivity index (χ2v) is 8.46. The number of fused-ring (bicyclic) bond motifs is 1. The molecule has 0 aliphatic rings. The van der Waals surface area contributed by atoms with Crippen molar-refractivity contribution in [3.8, 4) is 11.5 Å². The summed E-state index contributed by atoms with van der Waals surface area (Å²) in [6.07, 6.45) is 12.4. The highest BCUT2D eigenvalue weighted by molar-refractivity contribution is 5.97. The number of carbonyl (C=O) groups is 2. The van der Waals surface area contributed by atoms with E-state index in [1.165, 1.54) is 32.1 Å². The quantitative estimate of drug-likeness (QED) is 0.179. The summed E-state index contributed by atoms with van der Waals surface area (Å²) in [5.41, 5.74) is 7.53. The summed E-state index contributed by atoms with van der Waals surface area (Å²) in [7, 11) is 1.69. The predicted molar refractivity (Wildman–Crippen MR) is 143 cm³/mol. The van der Waals surface area contributed by atoms with Crippen LogP contribution < -0.4 is 20.5 Å². The standard InChI is InChI=1S/C23H37N3O2.C4H4O4/c1-4-5-6-7-8-9-16-28-23-19-13-11-15-25-22(19)20(17-21(23)27-3)26-18(2)12-10-14-24;5-3(6)1-2-4(7)8/h11,13,15,17-18,26H,4-10,12,14,16,24H2,1-3H3;1-2H,(H,5,6)(H,7,8). The number of hydrogen-bond donors (Lipinski definition) is 4. The van der Waals surface area contributed by atoms with Crippen molar-refractivity contribution < 1.29 is 29.3 Å². The van der Waals surface area contributed by atoms with Gasteiger partial charge in [0.1, 0.15) is 0 Å². The Bertz CT molecular complexity index is 948. The van der Waals surface area contributed by atoms with Crippen LogP contribution >= 0.6 is 0 Å². The van der Waals surface area contributed by atoms with Crippen LogP contribution in [0.2, 0.25) is 0 Å². The zero-order chi connectivity index (χ0) is 26.8. The van der Waals surface area contributed by atoms with E-state index in [2.05, 4.69) is 30.2 Å². The molecule has 0 saturated carbocycles. The first kappa shape index (κ1) is 30.7. The first-order chi connectivity index (χ1) is 17.3. The van der Waals surface area contributed by atoms with Crippen LogP contribution in [0.3, 0.4) is 0 Å². The van der Waals surface area contributed by atoms with Crippen LogP contribution in [0, 0.1) is 0 Å². The molecule has 200 valence electrons. The third-order valence-corrected chi connectivity index (χ3v) is 5.38. The average molecular weight is 504 g/mol. The van der Waals surface area contributed by atoms with E-state index in [-0.39, 0.29) is 0 Å². The molecule has 1 aromatic heterocycles. The Kier molecular flexibility index (Phi) is 15.4. The van der Waals surface area contributed by atoms with Gasteiger partial charge in [-0.2, -0.15) is 0 Å². The minimum absolute atomic E-state index is 0.313. The minimum Gasteiger partial charge on any atom is -0.493 e. The molecule has 1 atom stereocenters. The Morgan fingerprint density at radius 1 is 1.11 bits per heavy atom. The summed E-state index contributed by atoms with van der Waals surface area (Å²) < 4.78 is 11.8. The van der Waals surface area contributed by atoms with Crippen LogP contribution in [0.5, 0.6) is 11.5 Å². The number of hydrogen-bond acceptors (Lipinski definition) is 7. The number of anilines is 1. The Balaban J connectivity index is 0.000000697. The van der Waals surface area contributed by atoms with Crippen molar-refractivity contribution >= 4 is 28.5 Å². The summed E-state index contributed by atoms with van der Waals surface area (Å²) in [6, 6.07) is 6.32. The molecule has 0 saturated heterocycles. The molecule has 0 bridgehead atoms. The number of carboxylic acids is 2. The zero-order valence-corrected chi connectivity index (χ0v) is 21.7. The van der Waals surface area contributed by atoms with Crippen molar-refractivity contribution in [1.82, 2.24) is 4.98 Å². The summed E-state index contributed by atoms with van der Waals surface area (Å²) in [6.45, 7) is 5.82. The fourth-order valence-corrected chi connectivity index (χ4v) is 3.57. The van der Waals surface area contributed by atoms with Gasteiger partial charge in [0.15, 0.2) is 11.5 Å². The van der Waals surface area contributed by atoms with Crippen LogP contribution in [-0.4, -0.2) is 53.4 Å². The van der Waals surface area contributed by atoms with Gasteiger partial charge in [0.25, 0.3) is 0 Å². The number of unbranched alkanes of at least 4 members (excludes halogenated alkanes) is 5. The van der Waals surface area contributed by atoms with Gasteiger partial charge in [0, 0.05) is 35.8 Å². The maximum absolute atomic E-state index is 9.55. The van der Waals surface area contributed by atoms with Gasteiger partial charge in [0.05, 0.1) is 24.9 Å². The number of pyridine rings is 1. The number of carboxylic acid groups (broad SMARTS) is 2. The zero-order valence-electron chi connectivity index (χ0n) is 21.7. The number of nitrogens with one attached hydrogen (secondary N) is 1. The molecule has 36 heavy (non-hydrogen) atoms. The van der Waals surface area contributed by atoms with Gasteiger partial charge in [-0.15, -0.1) is 0 Å². The molecule has 0 amide bonds. The number of rotatable bonds is 16. The van der Waals surface area contributed by atoms with E-state index in [0.29, 0.717) is 31.3 Å². The Morgan fingerprint density at radius 3 is 2.39 bits per heavy atom. The second-order valence-electron chi connectivity index (χ2n) is 8.46. The van der Waals surface area contributed by atoms with Gasteiger partial charge < -0.3 is 30.7 Å². The molecule has 1 aromatic carbocycles. The normalized spacial score (nSPS) is 11.6. The molecule has 0 aliphatic heterocycles. The number of aromatic nitrogens is 1. The largest absolute Gasteiger partial charge is 0.493 e. The van der Waals surface area contributed by atoms with Crippen molar-refractivity contribution in [2.24, 2.45) is 5.73 Å². The average Bonchev–Trinajstić information content (AvgIpc) is 2.86. The lowest BCUT2D eigenvalue weighted by molar-refractivity contribution is -0.134. The summed E-state index contributed by atoms with van der Waals surface area (Å²) >= 11 is 0. The Hall–Kier alpha value is -3.33. The lowest BCUT2D eigenvalue weighted by Crippen LogP contribution is -2.17. The maximum Gasteiger partial charge on any atom is 0.328 e. The molecular weight excluding hydrogens is 462 g/mol. The second kappa shape index (κ2) is 18.0. The van der Waals surface area contributed by atoms with Crippen molar-refractivity contribution in [3.05, 3.63) is 36.5 Å². The highest BCUT2D eigenvalue weighted by Crippen LogP contribution is 2.40. The van der Waals surface area contributed by atoms with E-state index in [1.807, 2.05) is 18.3 Å². The van der Waals surface area contributed by atoms with Crippen molar-refractivity contribution in [1.29, 1.82) is 0 Å². The Labute approximate surface area is 213 Å². The van der Waals surface area contributed by atoms with Crippen LogP contribution in [0.15, 0.2) is 36.5 Å². The molecule has 1 heterocycles. The molecule has 0 fully saturated rings. The fraction of sp³-hybridized carbons (Fsp3) is 0.519.